The molecule has 0 aromatic heterocycles. The molecule has 216 valence electrons. The van der Waals surface area contributed by atoms with Crippen LogP contribution in [0.15, 0.2) is 0 Å². The van der Waals surface area contributed by atoms with E-state index in [1.54, 1.807) is 69.2 Å². The molecule has 0 bridgehead atoms. The van der Waals surface area contributed by atoms with Gasteiger partial charge in [-0.05, 0) is 69.2 Å². The largest absolute Gasteiger partial charge is 0.394 e. The average Bonchev–Trinajstić information content (AvgIpc) is 2.49. The van der Waals surface area contributed by atoms with Crippen LogP contribution in [-0.4, -0.2) is 139 Å². The van der Waals surface area contributed by atoms with E-state index in [0.717, 1.165) is 0 Å². The molecule has 0 aliphatic heterocycles. The van der Waals surface area contributed by atoms with Gasteiger partial charge in [-0.15, -0.1) is 0 Å². The fourth-order valence-electron chi connectivity index (χ4n) is 2.69. The van der Waals surface area contributed by atoms with Crippen molar-refractivity contribution in [2.24, 2.45) is 0 Å². The second kappa shape index (κ2) is 28.9. The summed E-state index contributed by atoms with van der Waals surface area (Å²) in [5.74, 6) is 0. The first kappa shape index (κ1) is 45.2. The first-order valence-electron chi connectivity index (χ1n) is 12.2. The number of aliphatic hydroxyl groups excluding tert-OH is 8. The summed E-state index contributed by atoms with van der Waals surface area (Å²) < 4.78 is 0. The summed E-state index contributed by atoms with van der Waals surface area (Å²) in [5, 5.41) is 71.0. The maximum absolute atomic E-state index is 9.14. The van der Waals surface area contributed by atoms with Crippen molar-refractivity contribution >= 4 is 0 Å². The zero-order valence-corrected chi connectivity index (χ0v) is 25.4. The minimum atomic E-state index is -0.433. The molecule has 0 spiro atoms. The Morgan fingerprint density at radius 2 is 0.429 bits per heavy atom. The van der Waals surface area contributed by atoms with E-state index in [9.17, 15) is 0 Å². The van der Waals surface area contributed by atoms with Crippen molar-refractivity contribution in [1.29, 1.82) is 0 Å². The van der Waals surface area contributed by atoms with Crippen molar-refractivity contribution in [3.63, 3.8) is 0 Å². The molecule has 6 unspecified atom stereocenters. The number of rotatable bonds is 12. The number of hydrogen-bond acceptors (Lipinski definition) is 10. The molecule has 0 heterocycles. The maximum atomic E-state index is 9.14. The van der Waals surface area contributed by atoms with Gasteiger partial charge in [0.25, 0.3) is 0 Å². The van der Waals surface area contributed by atoms with E-state index in [4.69, 9.17) is 40.9 Å². The summed E-state index contributed by atoms with van der Waals surface area (Å²) in [6.07, 6.45) is -2.93. The summed E-state index contributed by atoms with van der Waals surface area (Å²) in [7, 11) is 0. The Hall–Kier alpha value is 0.314. The van der Waals surface area contributed by atoms with Gasteiger partial charge in [0.05, 0.1) is 36.6 Å². The van der Waals surface area contributed by atoms with Gasteiger partial charge >= 0.3 is 0 Å². The molecule has 0 aliphatic rings. The molecule has 0 saturated carbocycles. The zero-order chi connectivity index (χ0) is 28.0. The van der Waals surface area contributed by atoms with Gasteiger partial charge in [0.15, 0.2) is 0 Å². The van der Waals surface area contributed by atoms with E-state index in [-0.39, 0.29) is 33.9 Å². The molecule has 0 amide bonds. The maximum Gasteiger partial charge on any atom is 0.0639 e. The van der Waals surface area contributed by atoms with E-state index in [1.807, 2.05) is 9.80 Å². The molecule has 11 heteroatoms. The van der Waals surface area contributed by atoms with Crippen molar-refractivity contribution in [3.8, 4) is 0 Å². The normalized spacial score (nSPS) is 15.9. The van der Waals surface area contributed by atoms with Gasteiger partial charge in [0.2, 0.25) is 0 Å². The number of hydrogen-bond donors (Lipinski definition) is 8. The minimum Gasteiger partial charge on any atom is -0.394 e. The molecule has 0 rings (SSSR count). The minimum absolute atomic E-state index is 0. The zero-order valence-electron chi connectivity index (χ0n) is 23.8. The summed E-state index contributed by atoms with van der Waals surface area (Å²) in [4.78, 5) is 3.69. The van der Waals surface area contributed by atoms with Gasteiger partial charge in [0, 0.05) is 73.2 Å². The third-order valence-electron chi connectivity index (χ3n) is 3.13. The fourth-order valence-corrected chi connectivity index (χ4v) is 2.69. The summed E-state index contributed by atoms with van der Waals surface area (Å²) >= 11 is 0. The Labute approximate surface area is 229 Å². The van der Waals surface area contributed by atoms with Crippen molar-refractivity contribution in [2.75, 3.05) is 39.3 Å². The number of aliphatic hydroxyl groups is 8. The van der Waals surface area contributed by atoms with Gasteiger partial charge in [-0.1, -0.05) is 0 Å². The molecule has 35 heavy (non-hydrogen) atoms. The van der Waals surface area contributed by atoms with Crippen molar-refractivity contribution in [1.82, 2.24) is 9.80 Å². The SMILES string of the molecule is CC(C)O.CC(C)O.CC(O)CN(CC(C)O)CC(C)O.CC(O)CN(CC(C)O)CC(C)O.[Ti]. The van der Waals surface area contributed by atoms with Crippen LogP contribution in [0.25, 0.3) is 0 Å². The first-order valence-corrected chi connectivity index (χ1v) is 12.2. The molecule has 0 aliphatic carbocycles. The molecule has 0 radical (unpaired) electrons. The second-order valence-electron chi connectivity index (χ2n) is 9.72. The Morgan fingerprint density at radius 3 is 0.486 bits per heavy atom. The van der Waals surface area contributed by atoms with E-state index in [0.29, 0.717) is 39.3 Å². The molecule has 0 saturated heterocycles. The van der Waals surface area contributed by atoms with Crippen LogP contribution in [0.4, 0.5) is 0 Å². The third-order valence-corrected chi connectivity index (χ3v) is 3.13. The predicted molar refractivity (Wildman–Crippen MR) is 138 cm³/mol. The second-order valence-corrected chi connectivity index (χ2v) is 9.72. The van der Waals surface area contributed by atoms with Gasteiger partial charge in [-0.2, -0.15) is 0 Å². The Kier molecular flexibility index (Phi) is 37.3. The van der Waals surface area contributed by atoms with Crippen LogP contribution in [0, 0.1) is 0 Å². The third kappa shape index (κ3) is 60.6. The fraction of sp³-hybridized carbons (Fsp3) is 1.00. The van der Waals surface area contributed by atoms with Crippen LogP contribution in [0.1, 0.15) is 69.2 Å². The van der Waals surface area contributed by atoms with Crippen LogP contribution in [0.2, 0.25) is 0 Å². The quantitative estimate of drug-likeness (QED) is 0.150. The Bertz CT molecular complexity index is 311. The standard InChI is InChI=1S/2C9H21NO3.2C3H8O.Ti/c2*1-7(11)4-10(5-8(2)12)6-9(3)13;2*1-3(2)4;/h2*7-9,11-13H,4-6H2,1-3H3;2*3-4H,1-2H3;. The summed E-state index contributed by atoms with van der Waals surface area (Å²) in [6.45, 7) is 19.9. The average molecular weight is 551 g/mol. The first-order chi connectivity index (χ1) is 15.3. The Balaban J connectivity index is -0.000000128. The van der Waals surface area contributed by atoms with Gasteiger partial charge < -0.3 is 40.9 Å². The van der Waals surface area contributed by atoms with E-state index in [1.165, 1.54) is 0 Å². The van der Waals surface area contributed by atoms with Crippen molar-refractivity contribution in [3.05, 3.63) is 0 Å². The molecular weight excluding hydrogens is 492 g/mol. The van der Waals surface area contributed by atoms with Crippen LogP contribution >= 0.6 is 0 Å². The summed E-state index contributed by atoms with van der Waals surface area (Å²) in [6, 6.07) is 0. The molecule has 10 nitrogen and oxygen atoms in total. The molecule has 8 N–H and O–H groups in total. The van der Waals surface area contributed by atoms with Gasteiger partial charge in [0.1, 0.15) is 0 Å². The van der Waals surface area contributed by atoms with Crippen molar-refractivity contribution < 1.29 is 62.6 Å². The van der Waals surface area contributed by atoms with Crippen LogP contribution in [0.3, 0.4) is 0 Å². The van der Waals surface area contributed by atoms with Crippen molar-refractivity contribution in [2.45, 2.75) is 118 Å². The van der Waals surface area contributed by atoms with Crippen LogP contribution in [0.5, 0.6) is 0 Å². The van der Waals surface area contributed by atoms with Gasteiger partial charge in [-0.25, -0.2) is 0 Å². The molecule has 6 atom stereocenters. The molecular formula is C24H58N2O8Ti. The predicted octanol–water partition coefficient (Wildman–Crippen LogP) is -0.367. The smallest absolute Gasteiger partial charge is 0.0639 e. The molecule has 0 fully saturated rings. The van der Waals surface area contributed by atoms with Crippen LogP contribution < -0.4 is 0 Å². The van der Waals surface area contributed by atoms with Gasteiger partial charge in [-0.3, -0.25) is 9.80 Å². The topological polar surface area (TPSA) is 168 Å². The molecule has 0 aromatic carbocycles. The van der Waals surface area contributed by atoms with Crippen LogP contribution in [-0.2, 0) is 21.7 Å². The Morgan fingerprint density at radius 1 is 0.343 bits per heavy atom. The van der Waals surface area contributed by atoms with E-state index < -0.39 is 36.6 Å². The van der Waals surface area contributed by atoms with E-state index in [2.05, 4.69) is 0 Å². The monoisotopic (exact) mass is 550 g/mol. The summed E-state index contributed by atoms with van der Waals surface area (Å²) in [5.41, 5.74) is 0. The molecule has 0 aromatic rings. The number of nitrogens with zero attached hydrogens (tertiary/aromatic N) is 2. The van der Waals surface area contributed by atoms with E-state index >= 15 is 0 Å².